The number of carboxylic acids is 1. The van der Waals surface area contributed by atoms with Crippen LogP contribution in [0.4, 0.5) is 0 Å². The number of carbonyl (C=O) groups excluding carboxylic acids is 1. The topological polar surface area (TPSA) is 116 Å². The fourth-order valence-corrected chi connectivity index (χ4v) is 3.08. The molecule has 0 aromatic heterocycles. The number of rotatable bonds is 20. The van der Waals surface area contributed by atoms with E-state index in [1.807, 2.05) is 0 Å². The molecule has 0 rings (SSSR count). The van der Waals surface area contributed by atoms with Crippen molar-refractivity contribution in [3.05, 3.63) is 0 Å². The molecule has 0 radical (unpaired) electrons. The zero-order chi connectivity index (χ0) is 22.0. The number of hydrogen-bond donors (Lipinski definition) is 4. The molecule has 0 saturated carbocycles. The number of aliphatic carboxylic acids is 1. The van der Waals surface area contributed by atoms with Gasteiger partial charge < -0.3 is 15.5 Å². The van der Waals surface area contributed by atoms with E-state index in [2.05, 4.69) is 17.6 Å². The van der Waals surface area contributed by atoms with Gasteiger partial charge in [0, 0.05) is 6.42 Å². The SMILES string of the molecule is CCCCCCCCCCCCCCCCCC(=O)NCNCC(=O)O.O=CO. The number of unbranched alkanes of at least 4 members (excludes halogenated alkanes) is 14. The number of carbonyl (C=O) groups is 3. The highest BCUT2D eigenvalue weighted by Gasteiger charge is 2.01. The van der Waals surface area contributed by atoms with Crippen LogP contribution < -0.4 is 10.6 Å². The minimum Gasteiger partial charge on any atom is -0.483 e. The third-order valence-corrected chi connectivity index (χ3v) is 4.69. The van der Waals surface area contributed by atoms with E-state index in [1.54, 1.807) is 0 Å². The zero-order valence-electron chi connectivity index (χ0n) is 18.4. The van der Waals surface area contributed by atoms with Crippen LogP contribution in [-0.4, -0.2) is 41.8 Å². The molecule has 172 valence electrons. The van der Waals surface area contributed by atoms with Crippen LogP contribution in [0.15, 0.2) is 0 Å². The first-order valence-corrected chi connectivity index (χ1v) is 11.4. The van der Waals surface area contributed by atoms with Gasteiger partial charge in [0.15, 0.2) is 0 Å². The van der Waals surface area contributed by atoms with Gasteiger partial charge in [0.1, 0.15) is 0 Å². The summed E-state index contributed by atoms with van der Waals surface area (Å²) in [4.78, 5) is 30.2. The van der Waals surface area contributed by atoms with Crippen molar-refractivity contribution in [3.8, 4) is 0 Å². The molecular weight excluding hydrogens is 372 g/mol. The molecule has 7 heteroatoms. The first-order chi connectivity index (χ1) is 14.1. The lowest BCUT2D eigenvalue weighted by molar-refractivity contribution is -0.136. The van der Waals surface area contributed by atoms with Crippen LogP contribution in [0.2, 0.25) is 0 Å². The molecule has 0 heterocycles. The summed E-state index contributed by atoms with van der Waals surface area (Å²) >= 11 is 0. The second kappa shape index (κ2) is 26.4. The lowest BCUT2D eigenvalue weighted by atomic mass is 10.0. The highest BCUT2D eigenvalue weighted by molar-refractivity contribution is 5.75. The van der Waals surface area contributed by atoms with E-state index in [0.717, 1.165) is 12.8 Å². The van der Waals surface area contributed by atoms with E-state index < -0.39 is 5.97 Å². The van der Waals surface area contributed by atoms with Crippen LogP contribution >= 0.6 is 0 Å². The van der Waals surface area contributed by atoms with Crippen molar-refractivity contribution in [2.45, 2.75) is 110 Å². The van der Waals surface area contributed by atoms with Gasteiger partial charge in [0.25, 0.3) is 6.47 Å². The van der Waals surface area contributed by atoms with Crippen molar-refractivity contribution in [3.63, 3.8) is 0 Å². The fourth-order valence-electron chi connectivity index (χ4n) is 3.08. The average Bonchev–Trinajstić information content (AvgIpc) is 2.68. The summed E-state index contributed by atoms with van der Waals surface area (Å²) in [6, 6.07) is 0. The number of amides is 1. The zero-order valence-corrected chi connectivity index (χ0v) is 18.4. The van der Waals surface area contributed by atoms with Crippen molar-refractivity contribution in [2.24, 2.45) is 0 Å². The summed E-state index contributed by atoms with van der Waals surface area (Å²) in [6.07, 6.45) is 20.3. The molecule has 0 bridgehead atoms. The second-order valence-corrected chi connectivity index (χ2v) is 7.40. The molecule has 0 unspecified atom stereocenters. The molecule has 29 heavy (non-hydrogen) atoms. The van der Waals surface area contributed by atoms with Gasteiger partial charge in [-0.1, -0.05) is 96.8 Å². The third kappa shape index (κ3) is 31.3. The number of nitrogens with one attached hydrogen (secondary N) is 2. The van der Waals surface area contributed by atoms with Gasteiger partial charge in [-0.2, -0.15) is 0 Å². The van der Waals surface area contributed by atoms with Gasteiger partial charge in [-0.15, -0.1) is 0 Å². The Morgan fingerprint density at radius 1 is 0.759 bits per heavy atom. The summed E-state index contributed by atoms with van der Waals surface area (Å²) in [5.74, 6) is -0.917. The Morgan fingerprint density at radius 2 is 1.14 bits per heavy atom. The minimum absolute atomic E-state index is 0.00224. The predicted molar refractivity (Wildman–Crippen MR) is 117 cm³/mol. The highest BCUT2D eigenvalue weighted by atomic mass is 16.4. The fraction of sp³-hybridized carbons (Fsp3) is 0.864. The average molecular weight is 417 g/mol. The van der Waals surface area contributed by atoms with Crippen molar-refractivity contribution >= 4 is 18.3 Å². The lowest BCUT2D eigenvalue weighted by Crippen LogP contribution is -2.36. The van der Waals surface area contributed by atoms with Crippen LogP contribution in [0, 0.1) is 0 Å². The molecule has 0 fully saturated rings. The number of hydrogen-bond acceptors (Lipinski definition) is 4. The lowest BCUT2D eigenvalue weighted by Gasteiger charge is -2.05. The normalized spacial score (nSPS) is 10.1. The maximum atomic E-state index is 11.5. The Morgan fingerprint density at radius 3 is 1.52 bits per heavy atom. The molecule has 0 saturated heterocycles. The Labute approximate surface area is 177 Å². The smallest absolute Gasteiger partial charge is 0.317 e. The van der Waals surface area contributed by atoms with E-state index in [9.17, 15) is 9.59 Å². The maximum Gasteiger partial charge on any atom is 0.317 e. The van der Waals surface area contributed by atoms with E-state index in [0.29, 0.717) is 6.42 Å². The summed E-state index contributed by atoms with van der Waals surface area (Å²) in [7, 11) is 0. The Bertz CT molecular complexity index is 378. The molecule has 0 aliphatic rings. The third-order valence-electron chi connectivity index (χ3n) is 4.69. The standard InChI is InChI=1S/C21H42N2O3.CH2O2/c1-2-3-4-5-6-7-8-9-10-11-12-13-14-15-16-17-20(24)23-19-22-18-21(25)26;2-1-3/h22H,2-19H2,1H3,(H,23,24)(H,25,26);1H,(H,2,3). The molecule has 4 N–H and O–H groups in total. The second-order valence-electron chi connectivity index (χ2n) is 7.40. The molecule has 1 amide bonds. The quantitative estimate of drug-likeness (QED) is 0.130. The Hall–Kier alpha value is -1.63. The molecule has 0 atom stereocenters. The van der Waals surface area contributed by atoms with Gasteiger partial charge in [-0.05, 0) is 6.42 Å². The van der Waals surface area contributed by atoms with Crippen LogP contribution in [0.25, 0.3) is 0 Å². The highest BCUT2D eigenvalue weighted by Crippen LogP contribution is 2.13. The summed E-state index contributed by atoms with van der Waals surface area (Å²) in [5, 5.41) is 20.7. The predicted octanol–water partition coefficient (Wildman–Crippen LogP) is 4.70. The number of carboxylic acid groups (broad SMARTS) is 2. The monoisotopic (exact) mass is 416 g/mol. The van der Waals surface area contributed by atoms with Crippen molar-refractivity contribution in [2.75, 3.05) is 13.2 Å². The Kier molecular flexibility index (Phi) is 26.9. The van der Waals surface area contributed by atoms with Crippen molar-refractivity contribution < 1.29 is 24.6 Å². The van der Waals surface area contributed by atoms with Crippen LogP contribution in [0.1, 0.15) is 110 Å². The van der Waals surface area contributed by atoms with Crippen LogP contribution in [-0.2, 0) is 14.4 Å². The van der Waals surface area contributed by atoms with Gasteiger partial charge in [-0.25, -0.2) is 0 Å². The molecule has 7 nitrogen and oxygen atoms in total. The Balaban J connectivity index is 0. The van der Waals surface area contributed by atoms with Gasteiger partial charge in [0.05, 0.1) is 13.2 Å². The van der Waals surface area contributed by atoms with Crippen molar-refractivity contribution in [1.29, 1.82) is 0 Å². The molecule has 0 aromatic carbocycles. The molecule has 0 aliphatic heterocycles. The van der Waals surface area contributed by atoms with Gasteiger partial charge in [-0.3, -0.25) is 19.7 Å². The summed E-state index contributed by atoms with van der Waals surface area (Å²) in [6.45, 7) is 2.12. The van der Waals surface area contributed by atoms with Crippen molar-refractivity contribution in [1.82, 2.24) is 10.6 Å². The van der Waals surface area contributed by atoms with Crippen LogP contribution in [0.3, 0.4) is 0 Å². The van der Waals surface area contributed by atoms with Crippen LogP contribution in [0.5, 0.6) is 0 Å². The van der Waals surface area contributed by atoms with Gasteiger partial charge in [0.2, 0.25) is 5.91 Å². The maximum absolute atomic E-state index is 11.5. The first-order valence-electron chi connectivity index (χ1n) is 11.4. The first kappa shape index (κ1) is 29.6. The van der Waals surface area contributed by atoms with E-state index in [1.165, 1.54) is 83.5 Å². The van der Waals surface area contributed by atoms with E-state index in [-0.39, 0.29) is 25.6 Å². The minimum atomic E-state index is -0.915. The van der Waals surface area contributed by atoms with E-state index >= 15 is 0 Å². The summed E-state index contributed by atoms with van der Waals surface area (Å²) < 4.78 is 0. The summed E-state index contributed by atoms with van der Waals surface area (Å²) in [5.41, 5.74) is 0. The largest absolute Gasteiger partial charge is 0.483 e. The molecular formula is C22H44N2O5. The van der Waals surface area contributed by atoms with E-state index in [4.69, 9.17) is 15.0 Å². The molecule has 0 aromatic rings. The molecule has 0 spiro atoms. The molecule has 0 aliphatic carbocycles. The van der Waals surface area contributed by atoms with Gasteiger partial charge >= 0.3 is 5.97 Å².